The van der Waals surface area contributed by atoms with Gasteiger partial charge in [-0.3, -0.25) is 0 Å². The van der Waals surface area contributed by atoms with Gasteiger partial charge < -0.3 is 9.47 Å². The second-order valence-corrected chi connectivity index (χ2v) is 2.56. The van der Waals surface area contributed by atoms with Crippen LogP contribution >= 0.6 is 0 Å². The third kappa shape index (κ3) is 4.99. The molecule has 4 nitrogen and oxygen atoms in total. The average Bonchev–Trinajstić information content (AvgIpc) is 2.15. The van der Waals surface area contributed by atoms with Crippen LogP contribution in [-0.2, 0) is 14.3 Å². The Hall–Kier alpha value is -1.34. The van der Waals surface area contributed by atoms with Crippen molar-refractivity contribution in [3.05, 3.63) is 12.2 Å². The molecule has 0 rings (SSSR count). The van der Waals surface area contributed by atoms with E-state index in [-0.39, 0.29) is 18.3 Å². The van der Waals surface area contributed by atoms with Crippen LogP contribution in [0.3, 0.4) is 0 Å². The van der Waals surface area contributed by atoms with Crippen LogP contribution in [0.4, 0.5) is 0 Å². The highest BCUT2D eigenvalue weighted by molar-refractivity contribution is 5.91. The fourth-order valence-electron chi connectivity index (χ4n) is 0.568. The molecule has 0 saturated heterocycles. The molecule has 0 fully saturated rings. The van der Waals surface area contributed by atoms with E-state index in [0.29, 0.717) is 6.42 Å². The fourth-order valence-corrected chi connectivity index (χ4v) is 0.568. The van der Waals surface area contributed by atoms with E-state index in [1.807, 2.05) is 6.92 Å². The lowest BCUT2D eigenvalue weighted by atomic mass is 10.3. The lowest BCUT2D eigenvalue weighted by Crippen LogP contribution is -2.13. The molecule has 72 valence electrons. The van der Waals surface area contributed by atoms with Gasteiger partial charge in [-0.05, 0) is 6.92 Å². The van der Waals surface area contributed by atoms with Gasteiger partial charge in [-0.15, -0.1) is 0 Å². The Morgan fingerprint density at radius 1 is 1.69 bits per heavy atom. The largest absolute Gasteiger partial charge is 0.461 e. The summed E-state index contributed by atoms with van der Waals surface area (Å²) in [6.07, 6.45) is 0.657. The summed E-state index contributed by atoms with van der Waals surface area (Å²) in [7, 11) is 1.58. The summed E-state index contributed by atoms with van der Waals surface area (Å²) in [6, 6.07) is 1.62. The molecule has 0 amide bonds. The molecule has 0 N–H and O–H groups in total. The molecule has 0 aliphatic heterocycles. The zero-order valence-corrected chi connectivity index (χ0v) is 7.87. The van der Waals surface area contributed by atoms with Crippen molar-refractivity contribution in [1.29, 1.82) is 5.26 Å². The second-order valence-electron chi connectivity index (χ2n) is 2.56. The summed E-state index contributed by atoms with van der Waals surface area (Å²) in [5.74, 6) is -0.661. The standard InChI is InChI=1S/C9H13NO3/c1-7(6-10)9(11)13-5-4-8(2)12-3/h8H,1,4-5H2,2-3H3. The second kappa shape index (κ2) is 6.21. The van der Waals surface area contributed by atoms with Crippen molar-refractivity contribution in [3.8, 4) is 6.07 Å². The van der Waals surface area contributed by atoms with Gasteiger partial charge in [-0.2, -0.15) is 5.26 Å². The molecule has 0 aromatic rings. The van der Waals surface area contributed by atoms with Crippen molar-refractivity contribution in [1.82, 2.24) is 0 Å². The molecule has 0 spiro atoms. The topological polar surface area (TPSA) is 59.3 Å². The van der Waals surface area contributed by atoms with Gasteiger partial charge in [0.15, 0.2) is 0 Å². The maximum absolute atomic E-state index is 10.9. The molecule has 4 heteroatoms. The van der Waals surface area contributed by atoms with Gasteiger partial charge in [0.05, 0.1) is 12.7 Å². The molecule has 0 bridgehead atoms. The number of carbonyl (C=O) groups is 1. The molecule has 0 heterocycles. The molecule has 0 saturated carbocycles. The van der Waals surface area contributed by atoms with Crippen LogP contribution in [0, 0.1) is 11.3 Å². The molecule has 1 unspecified atom stereocenters. The molecule has 0 radical (unpaired) electrons. The maximum atomic E-state index is 10.9. The third-order valence-electron chi connectivity index (χ3n) is 1.54. The number of ether oxygens (including phenoxy) is 2. The molecular weight excluding hydrogens is 170 g/mol. The number of nitrogens with zero attached hydrogens (tertiary/aromatic N) is 1. The Bertz CT molecular complexity index is 230. The highest BCUT2D eigenvalue weighted by Gasteiger charge is 2.07. The van der Waals surface area contributed by atoms with E-state index >= 15 is 0 Å². The van der Waals surface area contributed by atoms with Crippen molar-refractivity contribution >= 4 is 5.97 Å². The number of hydrogen-bond donors (Lipinski definition) is 0. The van der Waals surface area contributed by atoms with E-state index in [1.165, 1.54) is 0 Å². The Labute approximate surface area is 77.8 Å². The summed E-state index contributed by atoms with van der Waals surface area (Å²) in [4.78, 5) is 10.9. The average molecular weight is 183 g/mol. The van der Waals surface area contributed by atoms with Crippen molar-refractivity contribution in [2.45, 2.75) is 19.4 Å². The zero-order chi connectivity index (χ0) is 10.3. The Balaban J connectivity index is 3.61. The van der Waals surface area contributed by atoms with Crippen LogP contribution in [0.5, 0.6) is 0 Å². The predicted molar refractivity (Wildman–Crippen MR) is 46.8 cm³/mol. The number of nitriles is 1. The third-order valence-corrected chi connectivity index (χ3v) is 1.54. The van der Waals surface area contributed by atoms with Gasteiger partial charge in [-0.25, -0.2) is 4.79 Å². The first-order valence-electron chi connectivity index (χ1n) is 3.90. The number of rotatable bonds is 5. The first-order valence-corrected chi connectivity index (χ1v) is 3.90. The van der Waals surface area contributed by atoms with Crippen LogP contribution in [0.1, 0.15) is 13.3 Å². The lowest BCUT2D eigenvalue weighted by Gasteiger charge is -2.08. The molecule has 13 heavy (non-hydrogen) atoms. The quantitative estimate of drug-likeness (QED) is 0.363. The van der Waals surface area contributed by atoms with Gasteiger partial charge >= 0.3 is 5.97 Å². The minimum absolute atomic E-state index is 0.0446. The number of hydrogen-bond acceptors (Lipinski definition) is 4. The SMILES string of the molecule is C=C(C#N)C(=O)OCCC(C)OC. The summed E-state index contributed by atoms with van der Waals surface area (Å²) >= 11 is 0. The molecule has 0 aliphatic carbocycles. The first-order chi connectivity index (χ1) is 6.11. The molecule has 0 aliphatic rings. The van der Waals surface area contributed by atoms with E-state index < -0.39 is 5.97 Å². The van der Waals surface area contributed by atoms with E-state index in [2.05, 4.69) is 6.58 Å². The van der Waals surface area contributed by atoms with Crippen molar-refractivity contribution in [2.24, 2.45) is 0 Å². The molecule has 1 atom stereocenters. The van der Waals surface area contributed by atoms with Gasteiger partial charge in [0.2, 0.25) is 0 Å². The Morgan fingerprint density at radius 3 is 2.77 bits per heavy atom. The summed E-state index contributed by atoms with van der Waals surface area (Å²) in [5.41, 5.74) is -0.176. The summed E-state index contributed by atoms with van der Waals surface area (Å²) < 4.78 is 9.67. The Morgan fingerprint density at radius 2 is 2.31 bits per heavy atom. The van der Waals surface area contributed by atoms with Crippen LogP contribution < -0.4 is 0 Å². The van der Waals surface area contributed by atoms with Gasteiger partial charge in [0.25, 0.3) is 0 Å². The van der Waals surface area contributed by atoms with Gasteiger partial charge in [-0.1, -0.05) is 6.58 Å². The smallest absolute Gasteiger partial charge is 0.348 e. The number of carbonyl (C=O) groups excluding carboxylic acids is 1. The first kappa shape index (κ1) is 11.7. The summed E-state index contributed by atoms with van der Waals surface area (Å²) in [6.45, 7) is 5.34. The molecule has 0 aromatic heterocycles. The van der Waals surface area contributed by atoms with Crippen LogP contribution in [-0.4, -0.2) is 25.8 Å². The molecular formula is C9H13NO3. The Kier molecular flexibility index (Phi) is 5.57. The van der Waals surface area contributed by atoms with Crippen LogP contribution in [0.15, 0.2) is 12.2 Å². The van der Waals surface area contributed by atoms with Crippen molar-refractivity contribution in [2.75, 3.05) is 13.7 Å². The lowest BCUT2D eigenvalue weighted by molar-refractivity contribution is -0.139. The van der Waals surface area contributed by atoms with Crippen molar-refractivity contribution < 1.29 is 14.3 Å². The monoisotopic (exact) mass is 183 g/mol. The predicted octanol–water partition coefficient (Wildman–Crippen LogP) is 1.03. The van der Waals surface area contributed by atoms with Gasteiger partial charge in [0.1, 0.15) is 11.6 Å². The van der Waals surface area contributed by atoms with E-state index in [9.17, 15) is 4.79 Å². The summed E-state index contributed by atoms with van der Waals surface area (Å²) in [5, 5.41) is 8.28. The molecule has 0 aromatic carbocycles. The maximum Gasteiger partial charge on any atom is 0.348 e. The highest BCUT2D eigenvalue weighted by atomic mass is 16.5. The minimum Gasteiger partial charge on any atom is -0.461 e. The highest BCUT2D eigenvalue weighted by Crippen LogP contribution is 1.98. The van der Waals surface area contributed by atoms with Crippen molar-refractivity contribution in [3.63, 3.8) is 0 Å². The number of methoxy groups -OCH3 is 1. The van der Waals surface area contributed by atoms with Crippen LogP contribution in [0.25, 0.3) is 0 Å². The van der Waals surface area contributed by atoms with Crippen LogP contribution in [0.2, 0.25) is 0 Å². The van der Waals surface area contributed by atoms with E-state index in [1.54, 1.807) is 13.2 Å². The minimum atomic E-state index is -0.661. The van der Waals surface area contributed by atoms with E-state index in [0.717, 1.165) is 0 Å². The normalized spacial score (nSPS) is 11.5. The zero-order valence-electron chi connectivity index (χ0n) is 7.87. The fraction of sp³-hybridized carbons (Fsp3) is 0.556. The number of esters is 1. The van der Waals surface area contributed by atoms with Gasteiger partial charge in [0, 0.05) is 13.5 Å². The van der Waals surface area contributed by atoms with E-state index in [4.69, 9.17) is 14.7 Å².